The average molecular weight is 361 g/mol. The number of nitrogens with zero attached hydrogens (tertiary/aromatic N) is 3. The van der Waals surface area contributed by atoms with Crippen LogP contribution in [0.1, 0.15) is 23.5 Å². The zero-order valence-electron chi connectivity index (χ0n) is 13.6. The van der Waals surface area contributed by atoms with E-state index in [1.54, 1.807) is 24.6 Å². The van der Waals surface area contributed by atoms with Crippen molar-refractivity contribution in [1.82, 2.24) is 15.0 Å². The van der Waals surface area contributed by atoms with E-state index in [-0.39, 0.29) is 6.04 Å². The minimum atomic E-state index is 0.0434. The van der Waals surface area contributed by atoms with Crippen LogP contribution < -0.4 is 10.1 Å². The number of hydrogen-bond acceptors (Lipinski definition) is 6. The molecule has 0 radical (unpaired) electrons. The number of aromatic nitrogens is 3. The summed E-state index contributed by atoms with van der Waals surface area (Å²) in [6, 6.07) is 7.95. The lowest BCUT2D eigenvalue weighted by Gasteiger charge is -2.14. The lowest BCUT2D eigenvalue weighted by Crippen LogP contribution is -2.08. The second-order valence-corrected chi connectivity index (χ2v) is 6.72. The number of anilines is 1. The second kappa shape index (κ2) is 7.15. The van der Waals surface area contributed by atoms with Gasteiger partial charge in [0.25, 0.3) is 0 Å². The fourth-order valence-corrected chi connectivity index (χ4v) is 3.59. The van der Waals surface area contributed by atoms with E-state index in [1.165, 1.54) is 6.33 Å². The zero-order chi connectivity index (χ0) is 17.1. The molecule has 3 aromatic rings. The quantitative estimate of drug-likeness (QED) is 0.711. The summed E-state index contributed by atoms with van der Waals surface area (Å²) in [4.78, 5) is 13.9. The van der Waals surface area contributed by atoms with Crippen LogP contribution in [0, 0.1) is 6.92 Å². The molecule has 0 saturated carbocycles. The molecule has 1 atom stereocenters. The molecule has 5 nitrogen and oxygen atoms in total. The van der Waals surface area contributed by atoms with Gasteiger partial charge in [-0.05, 0) is 38.1 Å². The summed E-state index contributed by atoms with van der Waals surface area (Å²) in [7, 11) is 1.66. The van der Waals surface area contributed by atoms with E-state index in [1.807, 2.05) is 31.2 Å². The van der Waals surface area contributed by atoms with E-state index in [4.69, 9.17) is 21.3 Å². The first kappa shape index (κ1) is 16.7. The van der Waals surface area contributed by atoms with Crippen molar-refractivity contribution >= 4 is 28.8 Å². The molecule has 0 bridgehead atoms. The molecule has 0 spiro atoms. The Hall–Kier alpha value is -2.18. The third-order valence-electron chi connectivity index (χ3n) is 3.58. The van der Waals surface area contributed by atoms with Gasteiger partial charge in [-0.2, -0.15) is 0 Å². The number of rotatable bonds is 5. The number of ether oxygens (including phenoxy) is 1. The first-order chi connectivity index (χ1) is 11.6. The standard InChI is InChI=1S/C17H17ClN4OS/c1-10(21-16-14(18)8-19-9-20-16)15-11(2)22-17(24-15)12-4-6-13(23-3)7-5-12/h4-10H,1-3H3,(H,19,20,21). The van der Waals surface area contributed by atoms with Gasteiger partial charge in [0, 0.05) is 10.4 Å². The molecule has 0 saturated heterocycles. The Morgan fingerprint density at radius 2 is 2.00 bits per heavy atom. The number of aryl methyl sites for hydroxylation is 1. The normalized spacial score (nSPS) is 12.0. The largest absolute Gasteiger partial charge is 0.497 e. The Labute approximate surface area is 149 Å². The van der Waals surface area contributed by atoms with Crippen molar-refractivity contribution in [2.75, 3.05) is 12.4 Å². The summed E-state index contributed by atoms with van der Waals surface area (Å²) in [5.41, 5.74) is 2.07. The Morgan fingerprint density at radius 1 is 1.25 bits per heavy atom. The van der Waals surface area contributed by atoms with E-state index in [2.05, 4.69) is 22.2 Å². The highest BCUT2D eigenvalue weighted by atomic mass is 35.5. The van der Waals surface area contributed by atoms with Gasteiger partial charge in [-0.25, -0.2) is 15.0 Å². The molecule has 0 aliphatic carbocycles. The minimum Gasteiger partial charge on any atom is -0.497 e. The van der Waals surface area contributed by atoms with Gasteiger partial charge in [0.15, 0.2) is 0 Å². The van der Waals surface area contributed by atoms with Crippen molar-refractivity contribution in [3.63, 3.8) is 0 Å². The first-order valence-electron chi connectivity index (χ1n) is 7.42. The SMILES string of the molecule is COc1ccc(-c2nc(C)c(C(C)Nc3ncncc3Cl)s2)cc1. The molecule has 1 aromatic carbocycles. The highest BCUT2D eigenvalue weighted by Crippen LogP contribution is 2.34. The number of hydrogen-bond donors (Lipinski definition) is 1. The molecule has 7 heteroatoms. The van der Waals surface area contributed by atoms with Crippen LogP contribution in [0.25, 0.3) is 10.6 Å². The third-order valence-corrected chi connectivity index (χ3v) is 5.25. The van der Waals surface area contributed by atoms with Crippen LogP contribution in [-0.2, 0) is 0 Å². The summed E-state index contributed by atoms with van der Waals surface area (Å²) in [6.07, 6.45) is 3.05. The number of halogens is 1. The highest BCUT2D eigenvalue weighted by molar-refractivity contribution is 7.15. The number of thiazole rings is 1. The lowest BCUT2D eigenvalue weighted by molar-refractivity contribution is 0.415. The summed E-state index contributed by atoms with van der Waals surface area (Å²) in [5, 5.41) is 4.80. The van der Waals surface area contributed by atoms with Crippen molar-refractivity contribution in [3.05, 3.63) is 52.4 Å². The fourth-order valence-electron chi connectivity index (χ4n) is 2.36. The van der Waals surface area contributed by atoms with Gasteiger partial charge in [0.1, 0.15) is 27.9 Å². The molecule has 0 fully saturated rings. The third kappa shape index (κ3) is 3.49. The smallest absolute Gasteiger partial charge is 0.148 e. The van der Waals surface area contributed by atoms with Gasteiger partial charge < -0.3 is 10.1 Å². The maximum absolute atomic E-state index is 6.11. The van der Waals surface area contributed by atoms with E-state index >= 15 is 0 Å². The summed E-state index contributed by atoms with van der Waals surface area (Å²) >= 11 is 7.77. The van der Waals surface area contributed by atoms with Crippen LogP contribution in [0.2, 0.25) is 5.02 Å². The fraction of sp³-hybridized carbons (Fsp3) is 0.235. The van der Waals surface area contributed by atoms with Crippen LogP contribution in [-0.4, -0.2) is 22.1 Å². The van der Waals surface area contributed by atoms with Gasteiger partial charge in [0.05, 0.1) is 25.0 Å². The van der Waals surface area contributed by atoms with E-state index in [0.29, 0.717) is 10.8 Å². The molecular formula is C17H17ClN4OS. The first-order valence-corrected chi connectivity index (χ1v) is 8.61. The van der Waals surface area contributed by atoms with Crippen molar-refractivity contribution < 1.29 is 4.74 Å². The summed E-state index contributed by atoms with van der Waals surface area (Å²) in [6.45, 7) is 4.08. The number of benzene rings is 1. The molecule has 0 amide bonds. The number of nitrogens with one attached hydrogen (secondary N) is 1. The monoisotopic (exact) mass is 360 g/mol. The molecule has 0 aliphatic heterocycles. The van der Waals surface area contributed by atoms with Crippen LogP contribution in [0.15, 0.2) is 36.8 Å². The van der Waals surface area contributed by atoms with Gasteiger partial charge >= 0.3 is 0 Å². The minimum absolute atomic E-state index is 0.0434. The van der Waals surface area contributed by atoms with Crippen molar-refractivity contribution in [3.8, 4) is 16.3 Å². The molecule has 2 aromatic heterocycles. The maximum atomic E-state index is 6.11. The topological polar surface area (TPSA) is 59.9 Å². The Balaban J connectivity index is 1.84. The Bertz CT molecular complexity index is 835. The predicted octanol–water partition coefficient (Wildman–Crippen LogP) is 4.74. The molecule has 1 N–H and O–H groups in total. The van der Waals surface area contributed by atoms with Crippen molar-refractivity contribution in [1.29, 1.82) is 0 Å². The maximum Gasteiger partial charge on any atom is 0.148 e. The van der Waals surface area contributed by atoms with E-state index in [0.717, 1.165) is 26.9 Å². The van der Waals surface area contributed by atoms with Crippen molar-refractivity contribution in [2.24, 2.45) is 0 Å². The lowest BCUT2D eigenvalue weighted by atomic mass is 10.2. The molecule has 24 heavy (non-hydrogen) atoms. The van der Waals surface area contributed by atoms with Crippen LogP contribution >= 0.6 is 22.9 Å². The Morgan fingerprint density at radius 3 is 2.67 bits per heavy atom. The molecule has 2 heterocycles. The van der Waals surface area contributed by atoms with Crippen molar-refractivity contribution in [2.45, 2.75) is 19.9 Å². The molecular weight excluding hydrogens is 344 g/mol. The van der Waals surface area contributed by atoms with Gasteiger partial charge in [0.2, 0.25) is 0 Å². The van der Waals surface area contributed by atoms with Gasteiger partial charge in [-0.3, -0.25) is 0 Å². The molecule has 0 aliphatic rings. The van der Waals surface area contributed by atoms with E-state index in [9.17, 15) is 0 Å². The van der Waals surface area contributed by atoms with E-state index < -0.39 is 0 Å². The second-order valence-electron chi connectivity index (χ2n) is 5.28. The molecule has 124 valence electrons. The van der Waals surface area contributed by atoms with Crippen LogP contribution in [0.5, 0.6) is 5.75 Å². The highest BCUT2D eigenvalue weighted by Gasteiger charge is 2.16. The number of methoxy groups -OCH3 is 1. The van der Waals surface area contributed by atoms with Crippen LogP contribution in [0.3, 0.4) is 0 Å². The predicted molar refractivity (Wildman–Crippen MR) is 97.9 cm³/mol. The zero-order valence-corrected chi connectivity index (χ0v) is 15.1. The summed E-state index contributed by atoms with van der Waals surface area (Å²) < 4.78 is 5.20. The molecule has 3 rings (SSSR count). The Kier molecular flexibility index (Phi) is 4.97. The van der Waals surface area contributed by atoms with Gasteiger partial charge in [-0.15, -0.1) is 11.3 Å². The average Bonchev–Trinajstić information content (AvgIpc) is 2.99. The summed E-state index contributed by atoms with van der Waals surface area (Å²) in [5.74, 6) is 1.46. The van der Waals surface area contributed by atoms with Gasteiger partial charge in [-0.1, -0.05) is 11.6 Å². The van der Waals surface area contributed by atoms with Crippen LogP contribution in [0.4, 0.5) is 5.82 Å². The molecule has 1 unspecified atom stereocenters.